The molecule has 3 aromatic heterocycles. The maximum absolute atomic E-state index is 14.5. The lowest BCUT2D eigenvalue weighted by Crippen LogP contribution is -2.32. The molecular weight excluding hydrogens is 488 g/mol. The zero-order chi connectivity index (χ0) is 24.0. The third-order valence-corrected chi connectivity index (χ3v) is 7.22. The molecule has 0 bridgehead atoms. The molecule has 1 aliphatic rings. The number of hydrogen-bond donors (Lipinski definition) is 1. The number of nitrogens with one attached hydrogen (secondary N) is 1. The van der Waals surface area contributed by atoms with Crippen LogP contribution in [0.4, 0.5) is 23.4 Å². The van der Waals surface area contributed by atoms with Crippen molar-refractivity contribution in [2.75, 3.05) is 18.4 Å². The van der Waals surface area contributed by atoms with Gasteiger partial charge >= 0.3 is 6.18 Å². The largest absolute Gasteiger partial charge is 0.418 e. The summed E-state index contributed by atoms with van der Waals surface area (Å²) in [6.45, 7) is -0.338. The number of aromatic nitrogens is 4. The first-order valence-corrected chi connectivity index (χ1v) is 11.4. The summed E-state index contributed by atoms with van der Waals surface area (Å²) >= 11 is 5.63. The second-order valence-corrected chi connectivity index (χ2v) is 9.77. The van der Waals surface area contributed by atoms with E-state index in [0.29, 0.717) is 0 Å². The van der Waals surface area contributed by atoms with Crippen LogP contribution in [0, 0.1) is 5.82 Å². The van der Waals surface area contributed by atoms with E-state index in [1.807, 2.05) is 0 Å². The quantitative estimate of drug-likeness (QED) is 0.536. The molecule has 0 spiro atoms. The first kappa shape index (κ1) is 23.4. The van der Waals surface area contributed by atoms with E-state index in [2.05, 4.69) is 20.3 Å². The van der Waals surface area contributed by atoms with E-state index in [9.17, 15) is 26.0 Å². The molecule has 0 radical (unpaired) electrons. The standard InChI is InChI=1S/C19H17ClF4N6O2S/c1-29-9-17(27-10-29)33(31,32)30-7-11(18-14(21)3-2-4-25-18)15(8-30)28-16-5-12(19(22,23)24)13(20)6-26-16/h2-6,9-11,15H,7-8H2,1H3,(H,26,28)/t11-,15-/m1/s1. The van der Waals surface area contributed by atoms with Crippen molar-refractivity contribution in [1.82, 2.24) is 23.8 Å². The minimum absolute atomic E-state index is 0.0151. The molecule has 1 saturated heterocycles. The molecule has 33 heavy (non-hydrogen) atoms. The zero-order valence-corrected chi connectivity index (χ0v) is 18.5. The Kier molecular flexibility index (Phi) is 6.05. The van der Waals surface area contributed by atoms with Crippen molar-refractivity contribution in [2.24, 2.45) is 7.05 Å². The molecule has 2 atom stereocenters. The van der Waals surface area contributed by atoms with Crippen molar-refractivity contribution in [1.29, 1.82) is 0 Å². The Labute approximate surface area is 191 Å². The predicted octanol–water partition coefficient (Wildman–Crippen LogP) is 3.29. The van der Waals surface area contributed by atoms with Gasteiger partial charge in [0.1, 0.15) is 11.6 Å². The Balaban J connectivity index is 1.69. The van der Waals surface area contributed by atoms with Crippen LogP contribution in [0.2, 0.25) is 5.02 Å². The van der Waals surface area contributed by atoms with Crippen molar-refractivity contribution in [3.05, 3.63) is 65.2 Å². The first-order valence-electron chi connectivity index (χ1n) is 9.54. The topological polar surface area (TPSA) is 93.0 Å². The molecule has 0 aliphatic carbocycles. The van der Waals surface area contributed by atoms with Gasteiger partial charge in [-0.15, -0.1) is 0 Å². The van der Waals surface area contributed by atoms with Gasteiger partial charge in [0, 0.05) is 44.6 Å². The van der Waals surface area contributed by atoms with Crippen molar-refractivity contribution >= 4 is 27.4 Å². The number of pyridine rings is 2. The summed E-state index contributed by atoms with van der Waals surface area (Å²) in [5.41, 5.74) is -1.11. The van der Waals surface area contributed by atoms with E-state index in [1.165, 1.54) is 35.4 Å². The fourth-order valence-electron chi connectivity index (χ4n) is 3.64. The van der Waals surface area contributed by atoms with Gasteiger partial charge < -0.3 is 9.88 Å². The lowest BCUT2D eigenvalue weighted by Gasteiger charge is -2.21. The maximum Gasteiger partial charge on any atom is 0.418 e. The van der Waals surface area contributed by atoms with Gasteiger partial charge in [-0.3, -0.25) is 4.98 Å². The molecular formula is C19H17ClF4N6O2S. The summed E-state index contributed by atoms with van der Waals surface area (Å²) in [6, 6.07) is 2.46. The van der Waals surface area contributed by atoms with Gasteiger partial charge in [-0.25, -0.2) is 22.8 Å². The monoisotopic (exact) mass is 504 g/mol. The van der Waals surface area contributed by atoms with Gasteiger partial charge in [-0.2, -0.15) is 17.5 Å². The summed E-state index contributed by atoms with van der Waals surface area (Å²) in [4.78, 5) is 11.8. The number of imidazole rings is 1. The number of halogens is 5. The van der Waals surface area contributed by atoms with Crippen LogP contribution in [0.3, 0.4) is 0 Å². The highest BCUT2D eigenvalue weighted by Crippen LogP contribution is 2.37. The third-order valence-electron chi connectivity index (χ3n) is 5.20. The number of sulfonamides is 1. The smallest absolute Gasteiger partial charge is 0.365 e. The molecule has 8 nitrogen and oxygen atoms in total. The Morgan fingerprint density at radius 2 is 1.97 bits per heavy atom. The van der Waals surface area contributed by atoms with Crippen LogP contribution in [-0.2, 0) is 23.2 Å². The van der Waals surface area contributed by atoms with Crippen LogP contribution in [0.25, 0.3) is 0 Å². The fraction of sp³-hybridized carbons (Fsp3) is 0.316. The highest BCUT2D eigenvalue weighted by molar-refractivity contribution is 7.89. The molecule has 0 amide bonds. The predicted molar refractivity (Wildman–Crippen MR) is 111 cm³/mol. The highest BCUT2D eigenvalue weighted by Gasteiger charge is 2.43. The highest BCUT2D eigenvalue weighted by atomic mass is 35.5. The second kappa shape index (κ2) is 8.54. The molecule has 4 rings (SSSR count). The average Bonchev–Trinajstić information content (AvgIpc) is 3.36. The SMILES string of the molecule is Cn1cnc(S(=O)(=O)N2C[C@@H](Nc3cc(C(F)(F)F)c(Cl)cn3)[C@H](c3ncccc3F)C2)c1. The van der Waals surface area contributed by atoms with Crippen LogP contribution in [0.5, 0.6) is 0 Å². The van der Waals surface area contributed by atoms with E-state index < -0.39 is 44.6 Å². The number of alkyl halides is 3. The Hall–Kier alpha value is -2.77. The van der Waals surface area contributed by atoms with E-state index in [0.717, 1.165) is 16.6 Å². The van der Waals surface area contributed by atoms with Gasteiger partial charge in [0.05, 0.1) is 28.6 Å². The minimum Gasteiger partial charge on any atom is -0.365 e. The molecule has 0 saturated carbocycles. The Morgan fingerprint density at radius 3 is 2.61 bits per heavy atom. The van der Waals surface area contributed by atoms with Gasteiger partial charge in [-0.1, -0.05) is 11.6 Å². The van der Waals surface area contributed by atoms with E-state index in [-0.39, 0.29) is 29.6 Å². The van der Waals surface area contributed by atoms with Crippen LogP contribution in [-0.4, -0.2) is 51.4 Å². The third kappa shape index (κ3) is 4.66. The first-order chi connectivity index (χ1) is 15.5. The number of rotatable bonds is 5. The molecule has 0 unspecified atom stereocenters. The lowest BCUT2D eigenvalue weighted by atomic mass is 9.98. The molecule has 1 N–H and O–H groups in total. The van der Waals surface area contributed by atoms with Gasteiger partial charge in [-0.05, 0) is 18.2 Å². The van der Waals surface area contributed by atoms with Crippen LogP contribution < -0.4 is 5.32 Å². The zero-order valence-electron chi connectivity index (χ0n) is 17.0. The van der Waals surface area contributed by atoms with Crippen molar-refractivity contribution < 1.29 is 26.0 Å². The molecule has 0 aromatic carbocycles. The molecule has 1 fully saturated rings. The van der Waals surface area contributed by atoms with Crippen LogP contribution in [0.1, 0.15) is 17.2 Å². The normalized spacial score (nSPS) is 19.7. The van der Waals surface area contributed by atoms with Crippen molar-refractivity contribution in [3.8, 4) is 0 Å². The van der Waals surface area contributed by atoms with Gasteiger partial charge in [0.25, 0.3) is 10.0 Å². The number of anilines is 1. The summed E-state index contributed by atoms with van der Waals surface area (Å²) in [6.07, 6.45) is 0.134. The molecule has 1 aliphatic heterocycles. The molecule has 14 heteroatoms. The Morgan fingerprint density at radius 1 is 1.21 bits per heavy atom. The van der Waals surface area contributed by atoms with E-state index >= 15 is 0 Å². The van der Waals surface area contributed by atoms with Crippen LogP contribution in [0.15, 0.2) is 48.1 Å². The fourth-order valence-corrected chi connectivity index (χ4v) is 5.31. The second-order valence-electron chi connectivity index (χ2n) is 7.47. The maximum atomic E-state index is 14.5. The van der Waals surface area contributed by atoms with Gasteiger partial charge in [0.15, 0.2) is 5.03 Å². The van der Waals surface area contributed by atoms with Crippen LogP contribution >= 0.6 is 11.6 Å². The number of nitrogens with zero attached hydrogens (tertiary/aromatic N) is 5. The average molecular weight is 505 g/mol. The minimum atomic E-state index is -4.72. The molecule has 3 aromatic rings. The Bertz CT molecular complexity index is 1280. The summed E-state index contributed by atoms with van der Waals surface area (Å²) in [5.74, 6) is -1.65. The summed E-state index contributed by atoms with van der Waals surface area (Å²) in [5, 5.41) is 2.03. The lowest BCUT2D eigenvalue weighted by molar-refractivity contribution is -0.137. The van der Waals surface area contributed by atoms with E-state index in [4.69, 9.17) is 11.6 Å². The number of hydrogen-bond acceptors (Lipinski definition) is 6. The van der Waals surface area contributed by atoms with Crippen molar-refractivity contribution in [3.63, 3.8) is 0 Å². The summed E-state index contributed by atoms with van der Waals surface area (Å²) < 4.78 is 82.9. The van der Waals surface area contributed by atoms with Gasteiger partial charge in [0.2, 0.25) is 0 Å². The molecule has 4 heterocycles. The van der Waals surface area contributed by atoms with Crippen molar-refractivity contribution in [2.45, 2.75) is 23.2 Å². The summed E-state index contributed by atoms with van der Waals surface area (Å²) in [7, 11) is -2.44. The molecule has 176 valence electrons. The van der Waals surface area contributed by atoms with E-state index in [1.54, 1.807) is 7.05 Å². The number of aryl methyl sites for hydroxylation is 1.